The summed E-state index contributed by atoms with van der Waals surface area (Å²) >= 11 is 4.85. The van der Waals surface area contributed by atoms with Crippen molar-refractivity contribution in [3.8, 4) is 12.0 Å². The SMILES string of the molecule is Cc1nc(-n2c(C)cc3c(C#N)cccc32)nc2c1C(S)CC[C@@H]2OCCO[Si](C)(C)C(C)(C)C. The smallest absolute Gasteiger partial charge is 0.234 e. The van der Waals surface area contributed by atoms with Gasteiger partial charge in [0, 0.05) is 27.6 Å². The highest BCUT2D eigenvalue weighted by Crippen LogP contribution is 2.42. The lowest BCUT2D eigenvalue weighted by Crippen LogP contribution is -2.41. The van der Waals surface area contributed by atoms with E-state index in [4.69, 9.17) is 31.8 Å². The van der Waals surface area contributed by atoms with Gasteiger partial charge in [-0.25, -0.2) is 9.97 Å². The summed E-state index contributed by atoms with van der Waals surface area (Å²) in [5.74, 6) is 0.609. The first-order valence-corrected chi connectivity index (χ1v) is 15.7. The molecule has 1 aliphatic rings. The first-order valence-electron chi connectivity index (χ1n) is 12.3. The minimum Gasteiger partial charge on any atom is -0.414 e. The van der Waals surface area contributed by atoms with Crippen LogP contribution in [0.5, 0.6) is 0 Å². The number of hydrogen-bond donors (Lipinski definition) is 1. The molecule has 2 heterocycles. The topological polar surface area (TPSA) is 73.0 Å². The van der Waals surface area contributed by atoms with E-state index in [0.717, 1.165) is 46.4 Å². The molecular formula is C27H36N4O2SSi. The average molecular weight is 509 g/mol. The van der Waals surface area contributed by atoms with Gasteiger partial charge in [0.25, 0.3) is 0 Å². The molecule has 1 aliphatic carbocycles. The lowest BCUT2D eigenvalue weighted by Gasteiger charge is -2.36. The van der Waals surface area contributed by atoms with Gasteiger partial charge >= 0.3 is 0 Å². The van der Waals surface area contributed by atoms with E-state index < -0.39 is 8.32 Å². The van der Waals surface area contributed by atoms with Crippen LogP contribution >= 0.6 is 12.6 Å². The molecule has 35 heavy (non-hydrogen) atoms. The Bertz CT molecular complexity index is 1290. The maximum atomic E-state index is 9.55. The molecule has 1 unspecified atom stereocenters. The minimum atomic E-state index is -1.81. The molecule has 0 spiro atoms. The maximum Gasteiger partial charge on any atom is 0.234 e. The van der Waals surface area contributed by atoms with E-state index in [-0.39, 0.29) is 16.4 Å². The van der Waals surface area contributed by atoms with Crippen molar-refractivity contribution in [3.63, 3.8) is 0 Å². The van der Waals surface area contributed by atoms with E-state index in [1.54, 1.807) is 0 Å². The average Bonchev–Trinajstić information content (AvgIpc) is 3.12. The fourth-order valence-corrected chi connectivity index (χ4v) is 6.02. The minimum absolute atomic E-state index is 0.0927. The number of nitriles is 1. The molecule has 6 nitrogen and oxygen atoms in total. The standard InChI is InChI=1S/C27H36N4O2SSi/c1-17-15-20-19(16-28)9-8-10-21(20)31(17)26-29-18(2)24-23(34)12-11-22(25(24)30-26)32-13-14-33-35(6,7)27(3,4)5/h8-10,15,22-23,34H,11-14H2,1-7H3/t22-,23?/m0/s1. The highest BCUT2D eigenvalue weighted by atomic mass is 32.1. The van der Waals surface area contributed by atoms with Gasteiger partial charge in [0.15, 0.2) is 8.32 Å². The first kappa shape index (κ1) is 25.9. The predicted octanol–water partition coefficient (Wildman–Crippen LogP) is 6.75. The zero-order valence-electron chi connectivity index (χ0n) is 21.8. The van der Waals surface area contributed by atoms with E-state index in [1.807, 2.05) is 42.7 Å². The van der Waals surface area contributed by atoms with Crippen LogP contribution in [0.15, 0.2) is 24.3 Å². The summed E-state index contributed by atoms with van der Waals surface area (Å²) in [4.78, 5) is 9.93. The van der Waals surface area contributed by atoms with Crippen LogP contribution in [0.2, 0.25) is 18.1 Å². The Morgan fingerprint density at radius 2 is 1.91 bits per heavy atom. The summed E-state index contributed by atoms with van der Waals surface area (Å²) in [6, 6.07) is 10.1. The molecule has 2 aromatic heterocycles. The second-order valence-electron chi connectivity index (χ2n) is 10.9. The van der Waals surface area contributed by atoms with Crippen LogP contribution in [0.3, 0.4) is 0 Å². The molecule has 0 N–H and O–H groups in total. The Labute approximate surface area is 215 Å². The van der Waals surface area contributed by atoms with E-state index in [9.17, 15) is 5.26 Å². The van der Waals surface area contributed by atoms with Gasteiger partial charge in [-0.2, -0.15) is 17.9 Å². The zero-order chi connectivity index (χ0) is 25.5. The molecule has 0 radical (unpaired) electrons. The van der Waals surface area contributed by atoms with Crippen LogP contribution in [0.1, 0.15) is 73.2 Å². The quantitative estimate of drug-likeness (QED) is 0.226. The van der Waals surface area contributed by atoms with Gasteiger partial charge in [-0.05, 0) is 63.0 Å². The van der Waals surface area contributed by atoms with E-state index in [0.29, 0.717) is 24.7 Å². The molecule has 186 valence electrons. The van der Waals surface area contributed by atoms with Crippen molar-refractivity contribution >= 4 is 31.8 Å². The van der Waals surface area contributed by atoms with Crippen molar-refractivity contribution in [2.75, 3.05) is 13.2 Å². The van der Waals surface area contributed by atoms with Crippen molar-refractivity contribution < 1.29 is 9.16 Å². The first-order chi connectivity index (χ1) is 16.4. The predicted molar refractivity (Wildman–Crippen MR) is 146 cm³/mol. The van der Waals surface area contributed by atoms with E-state index in [2.05, 4.69) is 39.9 Å². The van der Waals surface area contributed by atoms with Gasteiger partial charge in [-0.1, -0.05) is 26.8 Å². The second kappa shape index (κ2) is 9.70. The van der Waals surface area contributed by atoms with Crippen molar-refractivity contribution in [2.45, 2.75) is 76.9 Å². The number of benzene rings is 1. The fraction of sp³-hybridized carbons (Fsp3) is 0.519. The van der Waals surface area contributed by atoms with Crippen LogP contribution in [0, 0.1) is 25.2 Å². The van der Waals surface area contributed by atoms with Gasteiger partial charge in [0.1, 0.15) is 6.10 Å². The summed E-state index contributed by atoms with van der Waals surface area (Å²) in [6.07, 6.45) is 1.67. The number of nitrogens with zero attached hydrogens (tertiary/aromatic N) is 4. The molecule has 0 fully saturated rings. The van der Waals surface area contributed by atoms with E-state index in [1.165, 1.54) is 0 Å². The third-order valence-corrected chi connectivity index (χ3v) is 12.6. The largest absolute Gasteiger partial charge is 0.414 e. The molecule has 4 rings (SSSR count). The van der Waals surface area contributed by atoms with Crippen LogP contribution in [-0.4, -0.2) is 36.1 Å². The van der Waals surface area contributed by atoms with Gasteiger partial charge in [-0.15, -0.1) is 0 Å². The Morgan fingerprint density at radius 3 is 2.60 bits per heavy atom. The third kappa shape index (κ3) is 4.92. The number of hydrogen-bond acceptors (Lipinski definition) is 6. The number of ether oxygens (including phenoxy) is 1. The van der Waals surface area contributed by atoms with Crippen molar-refractivity contribution in [3.05, 3.63) is 52.5 Å². The molecule has 8 heteroatoms. The lowest BCUT2D eigenvalue weighted by molar-refractivity contribution is 0.0175. The monoisotopic (exact) mass is 508 g/mol. The van der Waals surface area contributed by atoms with Crippen LogP contribution in [0.25, 0.3) is 16.9 Å². The number of aromatic nitrogens is 3. The summed E-state index contributed by atoms with van der Waals surface area (Å²) in [7, 11) is -1.81. The Kier molecular flexibility index (Phi) is 7.18. The Balaban J connectivity index is 1.65. The van der Waals surface area contributed by atoms with Gasteiger partial charge < -0.3 is 9.16 Å². The zero-order valence-corrected chi connectivity index (χ0v) is 23.7. The second-order valence-corrected chi connectivity index (χ2v) is 16.4. The van der Waals surface area contributed by atoms with Crippen molar-refractivity contribution in [2.24, 2.45) is 0 Å². The van der Waals surface area contributed by atoms with Crippen molar-refractivity contribution in [1.29, 1.82) is 5.26 Å². The normalized spacial score (nSPS) is 18.5. The third-order valence-electron chi connectivity index (χ3n) is 7.52. The molecule has 0 bridgehead atoms. The summed E-state index contributed by atoms with van der Waals surface area (Å²) in [5, 5.41) is 10.7. The molecule has 0 aliphatic heterocycles. The highest BCUT2D eigenvalue weighted by Gasteiger charge is 2.37. The highest BCUT2D eigenvalue weighted by molar-refractivity contribution is 7.80. The molecule has 1 aromatic carbocycles. The van der Waals surface area contributed by atoms with Crippen LogP contribution < -0.4 is 0 Å². The Morgan fingerprint density at radius 1 is 1.17 bits per heavy atom. The summed E-state index contributed by atoms with van der Waals surface area (Å²) in [6.45, 7) is 16.4. The lowest BCUT2D eigenvalue weighted by atomic mass is 9.92. The summed E-state index contributed by atoms with van der Waals surface area (Å²) in [5.41, 5.74) is 5.49. The number of fused-ring (bicyclic) bond motifs is 2. The van der Waals surface area contributed by atoms with Crippen LogP contribution in [0.4, 0.5) is 0 Å². The number of aryl methyl sites for hydroxylation is 2. The van der Waals surface area contributed by atoms with E-state index >= 15 is 0 Å². The van der Waals surface area contributed by atoms with Crippen LogP contribution in [-0.2, 0) is 9.16 Å². The fourth-order valence-electron chi connectivity index (χ4n) is 4.53. The maximum absolute atomic E-state index is 9.55. The number of thiol groups is 1. The molecule has 2 atom stereocenters. The number of rotatable bonds is 6. The Hall–Kier alpha value is -2.18. The van der Waals surface area contributed by atoms with Crippen molar-refractivity contribution in [1.82, 2.24) is 14.5 Å². The molecular weight excluding hydrogens is 472 g/mol. The van der Waals surface area contributed by atoms with Gasteiger partial charge in [0.2, 0.25) is 5.95 Å². The molecule has 3 aromatic rings. The molecule has 0 saturated carbocycles. The summed E-state index contributed by atoms with van der Waals surface area (Å²) < 4.78 is 14.7. The van der Waals surface area contributed by atoms with Gasteiger partial charge in [0.05, 0.1) is 36.1 Å². The molecule has 0 amide bonds. The van der Waals surface area contributed by atoms with Gasteiger partial charge in [-0.3, -0.25) is 4.57 Å². The molecule has 0 saturated heterocycles.